The van der Waals surface area contributed by atoms with Crippen molar-refractivity contribution in [1.29, 1.82) is 5.26 Å². The Balaban J connectivity index is 1.29. The zero-order valence-electron chi connectivity index (χ0n) is 19.0. The molecule has 1 unspecified atom stereocenters. The van der Waals surface area contributed by atoms with Gasteiger partial charge in [0.15, 0.2) is 0 Å². The van der Waals surface area contributed by atoms with Crippen LogP contribution in [0.3, 0.4) is 0 Å². The Morgan fingerprint density at radius 1 is 0.912 bits per heavy atom. The average molecular weight is 454 g/mol. The molecule has 1 fully saturated rings. The molecule has 3 aromatic rings. The van der Waals surface area contributed by atoms with Gasteiger partial charge in [0.1, 0.15) is 0 Å². The first-order valence-corrected chi connectivity index (χ1v) is 11.4. The molecule has 1 atom stereocenters. The van der Waals surface area contributed by atoms with Crippen LogP contribution in [0.2, 0.25) is 0 Å². The van der Waals surface area contributed by atoms with Crippen LogP contribution in [0.4, 0.5) is 21.9 Å². The average Bonchev–Trinajstić information content (AvgIpc) is 3.33. The number of hydrogen-bond acceptors (Lipinski definition) is 4. The lowest BCUT2D eigenvalue weighted by atomic mass is 10.0. The first kappa shape index (κ1) is 22.9. The summed E-state index contributed by atoms with van der Waals surface area (Å²) in [4.78, 5) is 26.3. The van der Waals surface area contributed by atoms with Crippen LogP contribution in [0.15, 0.2) is 72.8 Å². The number of urea groups is 1. The maximum Gasteiger partial charge on any atom is 0.323 e. The molecule has 0 bridgehead atoms. The minimum atomic E-state index is -0.317. The Morgan fingerprint density at radius 3 is 2.03 bits per heavy atom. The van der Waals surface area contributed by atoms with E-state index in [1.54, 1.807) is 12.1 Å². The Bertz CT molecular complexity index is 1180. The molecule has 0 saturated carbocycles. The number of nitrogens with zero attached hydrogens (tertiary/aromatic N) is 2. The highest BCUT2D eigenvalue weighted by Crippen LogP contribution is 2.24. The Morgan fingerprint density at radius 2 is 1.47 bits per heavy atom. The molecule has 0 radical (unpaired) electrons. The van der Waals surface area contributed by atoms with E-state index in [9.17, 15) is 9.59 Å². The molecule has 3 amide bonds. The van der Waals surface area contributed by atoms with E-state index < -0.39 is 0 Å². The zero-order chi connectivity index (χ0) is 23.9. The van der Waals surface area contributed by atoms with Crippen LogP contribution in [0.25, 0.3) is 11.1 Å². The van der Waals surface area contributed by atoms with E-state index in [2.05, 4.69) is 26.9 Å². The van der Waals surface area contributed by atoms with Gasteiger partial charge in [0, 0.05) is 42.6 Å². The summed E-state index contributed by atoms with van der Waals surface area (Å²) in [6.07, 6.45) is 1.43. The van der Waals surface area contributed by atoms with Crippen LogP contribution in [-0.4, -0.2) is 31.1 Å². The summed E-state index contributed by atoms with van der Waals surface area (Å²) in [5.41, 5.74) is 5.08. The van der Waals surface area contributed by atoms with Crippen LogP contribution in [0, 0.1) is 11.3 Å². The molecule has 1 aliphatic heterocycles. The van der Waals surface area contributed by atoms with Crippen molar-refractivity contribution in [2.75, 3.05) is 28.6 Å². The van der Waals surface area contributed by atoms with Crippen LogP contribution in [0.5, 0.6) is 0 Å². The van der Waals surface area contributed by atoms with Crippen molar-refractivity contribution in [3.05, 3.63) is 78.4 Å². The number of amides is 3. The van der Waals surface area contributed by atoms with Gasteiger partial charge in [-0.1, -0.05) is 31.2 Å². The minimum absolute atomic E-state index is 0.0845. The second-order valence-corrected chi connectivity index (χ2v) is 8.25. The lowest BCUT2D eigenvalue weighted by molar-refractivity contribution is -0.121. The highest BCUT2D eigenvalue weighted by Gasteiger charge is 2.23. The number of nitrogens with one attached hydrogen (secondary N) is 3. The predicted molar refractivity (Wildman–Crippen MR) is 135 cm³/mol. The van der Waals surface area contributed by atoms with Crippen molar-refractivity contribution in [2.45, 2.75) is 25.8 Å². The van der Waals surface area contributed by atoms with Crippen LogP contribution in [-0.2, 0) is 4.79 Å². The molecule has 1 saturated heterocycles. The molecule has 172 valence electrons. The summed E-state index contributed by atoms with van der Waals surface area (Å²) in [6, 6.07) is 24.6. The van der Waals surface area contributed by atoms with Crippen LogP contribution in [0.1, 0.15) is 25.3 Å². The van der Waals surface area contributed by atoms with Gasteiger partial charge in [-0.15, -0.1) is 0 Å². The van der Waals surface area contributed by atoms with Gasteiger partial charge in [-0.3, -0.25) is 4.79 Å². The molecule has 1 heterocycles. The molecule has 1 aliphatic rings. The monoisotopic (exact) mass is 453 g/mol. The van der Waals surface area contributed by atoms with Crippen LogP contribution >= 0.6 is 0 Å². The number of hydrogen-bond donors (Lipinski definition) is 3. The molecule has 7 nitrogen and oxygen atoms in total. The SMILES string of the molecule is CCC(=O)NC1CCN(c2ccc(NC(=O)Nc3ccc(-c4ccc(C#N)cc4)cc3)cc2)C1. The largest absolute Gasteiger partial charge is 0.369 e. The van der Waals surface area contributed by atoms with Gasteiger partial charge in [-0.2, -0.15) is 5.26 Å². The molecule has 3 aromatic carbocycles. The summed E-state index contributed by atoms with van der Waals surface area (Å²) in [5.74, 6) is 0.0845. The molecule has 0 aliphatic carbocycles. The fourth-order valence-corrected chi connectivity index (χ4v) is 3.97. The maximum atomic E-state index is 12.4. The van der Waals surface area contributed by atoms with E-state index in [0.717, 1.165) is 36.3 Å². The Hall–Kier alpha value is -4.31. The van der Waals surface area contributed by atoms with E-state index in [1.807, 2.05) is 67.6 Å². The first-order chi connectivity index (χ1) is 16.5. The Labute approximate surface area is 199 Å². The molecule has 4 rings (SSSR count). The van der Waals surface area contributed by atoms with Gasteiger partial charge >= 0.3 is 6.03 Å². The van der Waals surface area contributed by atoms with E-state index in [-0.39, 0.29) is 18.0 Å². The number of benzene rings is 3. The van der Waals surface area contributed by atoms with Crippen molar-refractivity contribution in [1.82, 2.24) is 5.32 Å². The number of carbonyl (C=O) groups is 2. The third-order valence-corrected chi connectivity index (χ3v) is 5.85. The third-order valence-electron chi connectivity index (χ3n) is 5.85. The molecular weight excluding hydrogens is 426 g/mol. The number of nitriles is 1. The van der Waals surface area contributed by atoms with Gasteiger partial charge < -0.3 is 20.9 Å². The molecule has 7 heteroatoms. The molecule has 0 spiro atoms. The summed E-state index contributed by atoms with van der Waals surface area (Å²) in [7, 11) is 0. The van der Waals surface area contributed by atoms with E-state index in [1.165, 1.54) is 0 Å². The lowest BCUT2D eigenvalue weighted by Crippen LogP contribution is -2.36. The smallest absolute Gasteiger partial charge is 0.323 e. The zero-order valence-corrected chi connectivity index (χ0v) is 19.0. The van der Waals surface area contributed by atoms with Crippen molar-refractivity contribution < 1.29 is 9.59 Å². The van der Waals surface area contributed by atoms with Crippen molar-refractivity contribution in [3.8, 4) is 17.2 Å². The fourth-order valence-electron chi connectivity index (χ4n) is 3.97. The van der Waals surface area contributed by atoms with Gasteiger partial charge in [0.2, 0.25) is 5.91 Å². The maximum absolute atomic E-state index is 12.4. The van der Waals surface area contributed by atoms with E-state index in [0.29, 0.717) is 23.4 Å². The van der Waals surface area contributed by atoms with Gasteiger partial charge in [-0.25, -0.2) is 4.79 Å². The molecule has 3 N–H and O–H groups in total. The highest BCUT2D eigenvalue weighted by molar-refractivity contribution is 6.00. The van der Waals surface area contributed by atoms with Gasteiger partial charge in [0.25, 0.3) is 0 Å². The summed E-state index contributed by atoms with van der Waals surface area (Å²) >= 11 is 0. The van der Waals surface area contributed by atoms with Crippen LogP contribution < -0.4 is 20.9 Å². The molecule has 34 heavy (non-hydrogen) atoms. The lowest BCUT2D eigenvalue weighted by Gasteiger charge is -2.19. The molecule has 0 aromatic heterocycles. The fraction of sp³-hybridized carbons (Fsp3) is 0.222. The predicted octanol–water partition coefficient (Wildman–Crippen LogP) is 4.97. The molecular formula is C27H27N5O2. The third kappa shape index (κ3) is 5.73. The summed E-state index contributed by atoms with van der Waals surface area (Å²) in [5, 5.41) is 17.7. The Kier molecular flexibility index (Phi) is 7.09. The highest BCUT2D eigenvalue weighted by atomic mass is 16.2. The van der Waals surface area contributed by atoms with Crippen molar-refractivity contribution in [3.63, 3.8) is 0 Å². The first-order valence-electron chi connectivity index (χ1n) is 11.4. The van der Waals surface area contributed by atoms with Gasteiger partial charge in [-0.05, 0) is 66.1 Å². The summed E-state index contributed by atoms with van der Waals surface area (Å²) in [6.45, 7) is 3.54. The second-order valence-electron chi connectivity index (χ2n) is 8.25. The normalized spacial score (nSPS) is 14.8. The second kappa shape index (κ2) is 10.5. The van der Waals surface area contributed by atoms with Gasteiger partial charge in [0.05, 0.1) is 11.6 Å². The number of rotatable bonds is 6. The topological polar surface area (TPSA) is 97.3 Å². The van der Waals surface area contributed by atoms with E-state index in [4.69, 9.17) is 5.26 Å². The standard InChI is InChI=1S/C27H27N5O2/c1-2-26(33)29-24-15-16-32(18-24)25-13-11-23(12-14-25)31-27(34)30-22-9-7-21(8-10-22)20-5-3-19(17-28)4-6-20/h3-14,24H,2,15-16,18H2,1H3,(H,29,33)(H2,30,31,34). The minimum Gasteiger partial charge on any atom is -0.369 e. The summed E-state index contributed by atoms with van der Waals surface area (Å²) < 4.78 is 0. The van der Waals surface area contributed by atoms with E-state index >= 15 is 0 Å². The number of anilines is 3. The van der Waals surface area contributed by atoms with Crippen molar-refractivity contribution in [2.24, 2.45) is 0 Å². The van der Waals surface area contributed by atoms with Crippen molar-refractivity contribution >= 4 is 29.0 Å². The number of carbonyl (C=O) groups excluding carboxylic acids is 2. The quantitative estimate of drug-likeness (QED) is 0.491.